The van der Waals surface area contributed by atoms with E-state index in [0.29, 0.717) is 0 Å². The van der Waals surface area contributed by atoms with Gasteiger partial charge in [0, 0.05) is 0 Å². The molecule has 0 saturated heterocycles. The van der Waals surface area contributed by atoms with Crippen molar-refractivity contribution >= 4 is 11.0 Å². The van der Waals surface area contributed by atoms with Gasteiger partial charge in [0.2, 0.25) is 11.6 Å². The highest BCUT2D eigenvalue weighted by Gasteiger charge is 2.23. The first-order valence-corrected chi connectivity index (χ1v) is 3.78. The van der Waals surface area contributed by atoms with Crippen LogP contribution in [0.1, 0.15) is 0 Å². The third kappa shape index (κ3) is 1.29. The summed E-state index contributed by atoms with van der Waals surface area (Å²) in [6.45, 7) is 0. The molecule has 0 fully saturated rings. The first-order valence-electron chi connectivity index (χ1n) is 3.78. The van der Waals surface area contributed by atoms with E-state index in [1.165, 1.54) is 0 Å². The Morgan fingerprint density at radius 1 is 0.500 bits per heavy atom. The maximum Gasteiger partial charge on any atom is 0.252 e. The summed E-state index contributed by atoms with van der Waals surface area (Å²) in [7, 11) is 0. The Morgan fingerprint density at radius 3 is 1.12 bits per heavy atom. The first kappa shape index (κ1) is 10.7. The van der Waals surface area contributed by atoms with E-state index in [9.17, 15) is 26.3 Å². The molecule has 16 heavy (non-hydrogen) atoms. The van der Waals surface area contributed by atoms with Crippen LogP contribution in [0.4, 0.5) is 26.3 Å². The molecule has 0 aliphatic carbocycles. The van der Waals surface area contributed by atoms with Crippen molar-refractivity contribution in [3.8, 4) is 0 Å². The second-order valence-corrected chi connectivity index (χ2v) is 2.76. The fraction of sp³-hybridized carbons (Fsp3) is 0. The van der Waals surface area contributed by atoms with Crippen molar-refractivity contribution in [3.63, 3.8) is 0 Å². The highest BCUT2D eigenvalue weighted by Crippen LogP contribution is 2.23. The average Bonchev–Trinajstić information content (AvgIpc) is 2.25. The standard InChI is InChI=1S/C8F6N2/c9-1-3(11)7(13)16-6-2(10)4(12)8(14)15-5(1)6. The third-order valence-electron chi connectivity index (χ3n) is 1.81. The van der Waals surface area contributed by atoms with Crippen LogP contribution in [-0.4, -0.2) is 9.97 Å². The fourth-order valence-electron chi connectivity index (χ4n) is 1.10. The molecule has 0 atom stereocenters. The summed E-state index contributed by atoms with van der Waals surface area (Å²) >= 11 is 0. The highest BCUT2D eigenvalue weighted by atomic mass is 19.2. The van der Waals surface area contributed by atoms with Crippen LogP contribution in [-0.2, 0) is 0 Å². The minimum atomic E-state index is -2.04. The van der Waals surface area contributed by atoms with E-state index < -0.39 is 46.2 Å². The number of pyridine rings is 2. The largest absolute Gasteiger partial charge is 0.252 e. The van der Waals surface area contributed by atoms with Crippen LogP contribution in [0.15, 0.2) is 0 Å². The summed E-state index contributed by atoms with van der Waals surface area (Å²) < 4.78 is 76.4. The van der Waals surface area contributed by atoms with Crippen LogP contribution in [0.5, 0.6) is 0 Å². The van der Waals surface area contributed by atoms with Crippen LogP contribution in [0, 0.1) is 35.2 Å². The van der Waals surface area contributed by atoms with Gasteiger partial charge in [-0.1, -0.05) is 0 Å². The fourth-order valence-corrected chi connectivity index (χ4v) is 1.10. The molecular weight excluding hydrogens is 238 g/mol. The SMILES string of the molecule is Fc1nc2c(F)c(F)c(F)nc2c(F)c1F. The number of halogens is 6. The van der Waals surface area contributed by atoms with Crippen molar-refractivity contribution in [2.45, 2.75) is 0 Å². The van der Waals surface area contributed by atoms with E-state index in [2.05, 4.69) is 9.97 Å². The molecule has 2 heterocycles. The number of fused-ring (bicyclic) bond motifs is 1. The van der Waals surface area contributed by atoms with Crippen molar-refractivity contribution in [3.05, 3.63) is 35.2 Å². The Labute approximate surface area is 83.5 Å². The Morgan fingerprint density at radius 2 is 0.812 bits per heavy atom. The number of hydrogen-bond donors (Lipinski definition) is 0. The molecule has 8 heteroatoms. The normalized spacial score (nSPS) is 11.1. The molecule has 2 aromatic rings. The van der Waals surface area contributed by atoms with E-state index >= 15 is 0 Å². The molecule has 0 aliphatic rings. The summed E-state index contributed by atoms with van der Waals surface area (Å²) in [5, 5.41) is 0. The molecule has 0 radical (unpaired) electrons. The van der Waals surface area contributed by atoms with Crippen LogP contribution in [0.25, 0.3) is 11.0 Å². The minimum absolute atomic E-state index is 1.21. The molecule has 0 bridgehead atoms. The van der Waals surface area contributed by atoms with Gasteiger partial charge >= 0.3 is 0 Å². The molecule has 2 aromatic heterocycles. The number of aromatic nitrogens is 2. The smallest absolute Gasteiger partial charge is 0.212 e. The highest BCUT2D eigenvalue weighted by molar-refractivity contribution is 5.75. The summed E-state index contributed by atoms with van der Waals surface area (Å²) in [4.78, 5) is 5.22. The Kier molecular flexibility index (Phi) is 2.21. The molecule has 2 nitrogen and oxygen atoms in total. The summed E-state index contributed by atoms with van der Waals surface area (Å²) in [5.74, 6) is -11.9. The number of hydrogen-bond acceptors (Lipinski definition) is 2. The van der Waals surface area contributed by atoms with Crippen molar-refractivity contribution in [2.75, 3.05) is 0 Å². The monoisotopic (exact) mass is 238 g/mol. The zero-order valence-corrected chi connectivity index (χ0v) is 7.16. The lowest BCUT2D eigenvalue weighted by Gasteiger charge is -2.02. The second kappa shape index (κ2) is 3.32. The molecule has 0 aliphatic heterocycles. The quantitative estimate of drug-likeness (QED) is 0.520. The Balaban J connectivity index is 3.02. The Bertz CT molecular complexity index is 544. The average molecular weight is 238 g/mol. The maximum absolute atomic E-state index is 13.0. The molecule has 2 rings (SSSR count). The topological polar surface area (TPSA) is 25.8 Å². The van der Waals surface area contributed by atoms with Gasteiger partial charge in [0.15, 0.2) is 11.6 Å². The van der Waals surface area contributed by atoms with E-state index in [-0.39, 0.29) is 0 Å². The van der Waals surface area contributed by atoms with Gasteiger partial charge in [0.05, 0.1) is 0 Å². The van der Waals surface area contributed by atoms with E-state index in [1.54, 1.807) is 0 Å². The van der Waals surface area contributed by atoms with Crippen LogP contribution >= 0.6 is 0 Å². The maximum atomic E-state index is 13.0. The van der Waals surface area contributed by atoms with Crippen molar-refractivity contribution in [1.29, 1.82) is 0 Å². The lowest BCUT2D eigenvalue weighted by atomic mass is 10.3. The molecule has 0 N–H and O–H groups in total. The molecule has 0 amide bonds. The molecule has 0 saturated carbocycles. The summed E-state index contributed by atoms with van der Waals surface area (Å²) in [6, 6.07) is 0. The van der Waals surface area contributed by atoms with Gasteiger partial charge in [-0.15, -0.1) is 0 Å². The van der Waals surface area contributed by atoms with Crippen molar-refractivity contribution in [1.82, 2.24) is 9.97 Å². The summed E-state index contributed by atoms with van der Waals surface area (Å²) in [5.41, 5.74) is -2.43. The zero-order chi connectivity index (χ0) is 12.0. The Hall–Kier alpha value is -1.86. The van der Waals surface area contributed by atoms with Gasteiger partial charge < -0.3 is 0 Å². The molecule has 0 spiro atoms. The van der Waals surface area contributed by atoms with Crippen LogP contribution in [0.2, 0.25) is 0 Å². The lowest BCUT2D eigenvalue weighted by Crippen LogP contribution is -2.05. The third-order valence-corrected chi connectivity index (χ3v) is 1.81. The van der Waals surface area contributed by atoms with Gasteiger partial charge in [-0.2, -0.15) is 17.6 Å². The second-order valence-electron chi connectivity index (χ2n) is 2.76. The van der Waals surface area contributed by atoms with Crippen molar-refractivity contribution < 1.29 is 26.3 Å². The predicted molar refractivity (Wildman–Crippen MR) is 39.3 cm³/mol. The van der Waals surface area contributed by atoms with Gasteiger partial charge in [0.1, 0.15) is 11.0 Å². The van der Waals surface area contributed by atoms with Gasteiger partial charge in [-0.3, -0.25) is 0 Å². The van der Waals surface area contributed by atoms with E-state index in [0.717, 1.165) is 0 Å². The van der Waals surface area contributed by atoms with E-state index in [1.807, 2.05) is 0 Å². The van der Waals surface area contributed by atoms with Crippen molar-refractivity contribution in [2.24, 2.45) is 0 Å². The first-order chi connectivity index (χ1) is 7.43. The number of nitrogens with zero attached hydrogens (tertiary/aromatic N) is 2. The van der Waals surface area contributed by atoms with Crippen LogP contribution in [0.3, 0.4) is 0 Å². The molecular formula is C8F6N2. The number of rotatable bonds is 0. The zero-order valence-electron chi connectivity index (χ0n) is 7.16. The predicted octanol–water partition coefficient (Wildman–Crippen LogP) is 2.46. The van der Waals surface area contributed by atoms with Gasteiger partial charge in [-0.05, 0) is 0 Å². The molecule has 0 aromatic carbocycles. The molecule has 0 unspecified atom stereocenters. The van der Waals surface area contributed by atoms with Gasteiger partial charge in [0.25, 0.3) is 11.9 Å². The van der Waals surface area contributed by atoms with Gasteiger partial charge in [-0.25, -0.2) is 18.7 Å². The van der Waals surface area contributed by atoms with E-state index in [4.69, 9.17) is 0 Å². The van der Waals surface area contributed by atoms with Crippen LogP contribution < -0.4 is 0 Å². The molecule has 84 valence electrons. The lowest BCUT2D eigenvalue weighted by molar-refractivity contribution is 0.415. The minimum Gasteiger partial charge on any atom is -0.212 e. The summed E-state index contributed by atoms with van der Waals surface area (Å²) in [6.07, 6.45) is 0.